The van der Waals surface area contributed by atoms with Crippen molar-refractivity contribution in [2.75, 3.05) is 13.1 Å². The van der Waals surface area contributed by atoms with E-state index in [4.69, 9.17) is 4.98 Å². The Morgan fingerprint density at radius 3 is 2.80 bits per heavy atom. The highest BCUT2D eigenvalue weighted by Crippen LogP contribution is 2.27. The summed E-state index contributed by atoms with van der Waals surface area (Å²) in [5.41, 5.74) is 2.29. The van der Waals surface area contributed by atoms with Gasteiger partial charge in [-0.1, -0.05) is 18.2 Å². The zero-order chi connectivity index (χ0) is 17.1. The van der Waals surface area contributed by atoms with Gasteiger partial charge in [0.15, 0.2) is 0 Å². The summed E-state index contributed by atoms with van der Waals surface area (Å²) in [5, 5.41) is 0. The number of nitrogens with zero attached hydrogens (tertiary/aromatic N) is 4. The van der Waals surface area contributed by atoms with Gasteiger partial charge in [-0.2, -0.15) is 0 Å². The lowest BCUT2D eigenvalue weighted by Crippen LogP contribution is -2.34. The van der Waals surface area contributed by atoms with E-state index >= 15 is 0 Å². The number of hydrogen-bond donors (Lipinski definition) is 0. The number of aromatic nitrogens is 3. The van der Waals surface area contributed by atoms with Crippen LogP contribution in [0, 0.1) is 5.82 Å². The van der Waals surface area contributed by atoms with Crippen LogP contribution in [0.1, 0.15) is 30.0 Å². The highest BCUT2D eigenvalue weighted by molar-refractivity contribution is 5.26. The van der Waals surface area contributed by atoms with Crippen LogP contribution in [0.3, 0.4) is 0 Å². The zero-order valence-corrected chi connectivity index (χ0v) is 14.1. The molecule has 25 heavy (non-hydrogen) atoms. The number of rotatable bonds is 4. The van der Waals surface area contributed by atoms with Crippen molar-refractivity contribution in [1.29, 1.82) is 0 Å². The second kappa shape index (κ2) is 7.15. The van der Waals surface area contributed by atoms with Crippen LogP contribution in [0.25, 0.3) is 5.82 Å². The molecule has 128 valence electrons. The van der Waals surface area contributed by atoms with Crippen LogP contribution < -0.4 is 0 Å². The lowest BCUT2D eigenvalue weighted by atomic mass is 9.94. The Labute approximate surface area is 147 Å². The van der Waals surface area contributed by atoms with Crippen molar-refractivity contribution in [3.8, 4) is 5.82 Å². The van der Waals surface area contributed by atoms with Gasteiger partial charge in [0, 0.05) is 37.1 Å². The molecule has 1 aliphatic heterocycles. The van der Waals surface area contributed by atoms with Crippen molar-refractivity contribution in [1.82, 2.24) is 19.4 Å². The molecule has 1 fully saturated rings. The number of imidazole rings is 1. The van der Waals surface area contributed by atoms with E-state index in [-0.39, 0.29) is 5.82 Å². The molecule has 3 aromatic rings. The minimum Gasteiger partial charge on any atom is -0.298 e. The van der Waals surface area contributed by atoms with Gasteiger partial charge in [0.1, 0.15) is 18.0 Å². The second-order valence-corrected chi connectivity index (χ2v) is 6.59. The zero-order valence-electron chi connectivity index (χ0n) is 14.1. The molecule has 0 radical (unpaired) electrons. The number of benzene rings is 1. The van der Waals surface area contributed by atoms with Crippen molar-refractivity contribution in [2.45, 2.75) is 25.3 Å². The Kier molecular flexibility index (Phi) is 4.57. The molecule has 0 N–H and O–H groups in total. The molecule has 0 saturated carbocycles. The van der Waals surface area contributed by atoms with E-state index < -0.39 is 0 Å². The van der Waals surface area contributed by atoms with Gasteiger partial charge in [0.2, 0.25) is 0 Å². The summed E-state index contributed by atoms with van der Waals surface area (Å²) in [6.07, 6.45) is 7.75. The van der Waals surface area contributed by atoms with E-state index in [2.05, 4.69) is 22.0 Å². The largest absolute Gasteiger partial charge is 0.298 e. The van der Waals surface area contributed by atoms with Crippen molar-refractivity contribution in [3.05, 3.63) is 78.3 Å². The smallest absolute Gasteiger partial charge is 0.138 e. The van der Waals surface area contributed by atoms with Crippen LogP contribution in [0.15, 0.2) is 61.2 Å². The predicted octanol–water partition coefficient (Wildman–Crippen LogP) is 3.79. The molecule has 0 spiro atoms. The van der Waals surface area contributed by atoms with Gasteiger partial charge in [-0.15, -0.1) is 0 Å². The third-order valence-corrected chi connectivity index (χ3v) is 4.77. The number of hydrogen-bond acceptors (Lipinski definition) is 3. The molecule has 4 rings (SSSR count). The molecule has 0 bridgehead atoms. The maximum Gasteiger partial charge on any atom is 0.138 e. The summed E-state index contributed by atoms with van der Waals surface area (Å²) in [4.78, 5) is 11.4. The first kappa shape index (κ1) is 16.0. The fourth-order valence-corrected chi connectivity index (χ4v) is 3.49. The van der Waals surface area contributed by atoms with Crippen LogP contribution in [0.2, 0.25) is 0 Å². The Morgan fingerprint density at radius 2 is 2.00 bits per heavy atom. The average molecular weight is 336 g/mol. The molecule has 5 heteroatoms. The van der Waals surface area contributed by atoms with Gasteiger partial charge >= 0.3 is 0 Å². The highest BCUT2D eigenvalue weighted by Gasteiger charge is 2.22. The molecular formula is C20H21FN4. The Balaban J connectivity index is 1.47. The molecule has 0 amide bonds. The fraction of sp³-hybridized carbons (Fsp3) is 0.300. The monoisotopic (exact) mass is 336 g/mol. The maximum atomic E-state index is 13.1. The van der Waals surface area contributed by atoms with Crippen molar-refractivity contribution in [2.24, 2.45) is 0 Å². The number of likely N-dealkylation sites (tertiary alicyclic amines) is 1. The van der Waals surface area contributed by atoms with Gasteiger partial charge < -0.3 is 0 Å². The molecule has 1 aromatic carbocycles. The fourth-order valence-electron chi connectivity index (χ4n) is 3.49. The minimum absolute atomic E-state index is 0.180. The molecule has 1 saturated heterocycles. The van der Waals surface area contributed by atoms with Gasteiger partial charge in [-0.25, -0.2) is 14.4 Å². The van der Waals surface area contributed by atoms with Crippen LogP contribution in [-0.4, -0.2) is 32.5 Å². The topological polar surface area (TPSA) is 34.0 Å². The first-order chi connectivity index (χ1) is 12.3. The molecule has 0 unspecified atom stereocenters. The predicted molar refractivity (Wildman–Crippen MR) is 95.0 cm³/mol. The lowest BCUT2D eigenvalue weighted by Gasteiger charge is -2.32. The second-order valence-electron chi connectivity index (χ2n) is 6.59. The van der Waals surface area contributed by atoms with Gasteiger partial charge in [-0.3, -0.25) is 9.47 Å². The number of pyridine rings is 1. The first-order valence-electron chi connectivity index (χ1n) is 8.70. The highest BCUT2D eigenvalue weighted by atomic mass is 19.1. The molecule has 1 aliphatic rings. The Morgan fingerprint density at radius 1 is 1.12 bits per heavy atom. The van der Waals surface area contributed by atoms with Crippen molar-refractivity contribution in [3.63, 3.8) is 0 Å². The van der Waals surface area contributed by atoms with Crippen LogP contribution in [-0.2, 0) is 6.54 Å². The lowest BCUT2D eigenvalue weighted by molar-refractivity contribution is 0.198. The van der Waals surface area contributed by atoms with E-state index in [0.29, 0.717) is 5.92 Å². The molecule has 3 heterocycles. The average Bonchev–Trinajstić information content (AvgIpc) is 3.19. The summed E-state index contributed by atoms with van der Waals surface area (Å²) >= 11 is 0. The number of halogens is 1. The molecular weight excluding hydrogens is 315 g/mol. The van der Waals surface area contributed by atoms with Gasteiger partial charge in [0.05, 0.1) is 0 Å². The number of piperidine rings is 1. The summed E-state index contributed by atoms with van der Waals surface area (Å²) < 4.78 is 15.0. The Hall–Kier alpha value is -2.53. The summed E-state index contributed by atoms with van der Waals surface area (Å²) in [6, 6.07) is 13.0. The SMILES string of the molecule is Fc1ccc(CN2CCC[C@@H](c3cccc(-n4ccnc4)n3)C2)cc1. The quantitative estimate of drug-likeness (QED) is 0.727. The molecule has 4 nitrogen and oxygen atoms in total. The van der Waals surface area contributed by atoms with Gasteiger partial charge in [0.25, 0.3) is 0 Å². The summed E-state index contributed by atoms with van der Waals surface area (Å²) in [6.45, 7) is 2.92. The first-order valence-corrected chi connectivity index (χ1v) is 8.70. The van der Waals surface area contributed by atoms with Gasteiger partial charge in [-0.05, 0) is 49.2 Å². The van der Waals surface area contributed by atoms with E-state index in [1.807, 2.05) is 29.0 Å². The van der Waals surface area contributed by atoms with E-state index in [1.165, 1.54) is 12.1 Å². The standard InChI is InChI=1S/C20H21FN4/c21-18-8-6-16(7-9-18)13-24-11-2-3-17(14-24)19-4-1-5-20(23-19)25-12-10-22-15-25/h1,4-10,12,15,17H,2-3,11,13-14H2/t17-/m1/s1. The van der Waals surface area contributed by atoms with Crippen molar-refractivity contribution < 1.29 is 4.39 Å². The van der Waals surface area contributed by atoms with Crippen LogP contribution >= 0.6 is 0 Å². The third kappa shape index (κ3) is 3.77. The summed E-state index contributed by atoms with van der Waals surface area (Å²) in [7, 11) is 0. The maximum absolute atomic E-state index is 13.1. The van der Waals surface area contributed by atoms with E-state index in [0.717, 1.165) is 49.6 Å². The normalized spacial score (nSPS) is 18.4. The molecule has 0 aliphatic carbocycles. The van der Waals surface area contributed by atoms with E-state index in [1.54, 1.807) is 12.5 Å². The van der Waals surface area contributed by atoms with Crippen LogP contribution in [0.5, 0.6) is 0 Å². The molecule has 1 atom stereocenters. The van der Waals surface area contributed by atoms with E-state index in [9.17, 15) is 4.39 Å². The third-order valence-electron chi connectivity index (χ3n) is 4.77. The Bertz CT molecular complexity index is 814. The van der Waals surface area contributed by atoms with Crippen LogP contribution in [0.4, 0.5) is 4.39 Å². The van der Waals surface area contributed by atoms with Crippen molar-refractivity contribution >= 4 is 0 Å². The minimum atomic E-state index is -0.180. The molecule has 2 aromatic heterocycles. The summed E-state index contributed by atoms with van der Waals surface area (Å²) in [5.74, 6) is 1.16.